The summed E-state index contributed by atoms with van der Waals surface area (Å²) in [6.45, 7) is 0.607. The number of hydrogen-bond donors (Lipinski definition) is 2. The van der Waals surface area contributed by atoms with Crippen LogP contribution in [0.5, 0.6) is 0 Å². The molecule has 0 bridgehead atoms. The molecule has 0 unspecified atom stereocenters. The van der Waals surface area contributed by atoms with Crippen molar-refractivity contribution in [3.05, 3.63) is 23.4 Å². The smallest absolute Gasteiger partial charge is 0.255 e. The standard InChI is InChI=1S/C12H17F2N3O2/c1-2-9-5-8(6-11(15)16-9)12(19)17(3-4-18)7-10(13)14/h5-6,10,18H,2-4,7H2,1H3,(H2,15,16). The number of amides is 1. The summed E-state index contributed by atoms with van der Waals surface area (Å²) in [6.07, 6.45) is -2.07. The molecule has 0 atom stereocenters. The highest BCUT2D eigenvalue weighted by Gasteiger charge is 2.20. The van der Waals surface area contributed by atoms with Gasteiger partial charge in [-0.3, -0.25) is 4.79 Å². The number of aryl methyl sites for hydroxylation is 1. The van der Waals surface area contributed by atoms with Crippen LogP contribution in [0.25, 0.3) is 0 Å². The van der Waals surface area contributed by atoms with Gasteiger partial charge in [0.05, 0.1) is 13.2 Å². The molecular weight excluding hydrogens is 256 g/mol. The van der Waals surface area contributed by atoms with Crippen LogP contribution < -0.4 is 5.73 Å². The molecule has 106 valence electrons. The Morgan fingerprint density at radius 3 is 2.74 bits per heavy atom. The molecule has 1 aromatic heterocycles. The largest absolute Gasteiger partial charge is 0.395 e. The summed E-state index contributed by atoms with van der Waals surface area (Å²) >= 11 is 0. The molecule has 0 aliphatic heterocycles. The van der Waals surface area contributed by atoms with E-state index >= 15 is 0 Å². The number of anilines is 1. The Balaban J connectivity index is 2.98. The van der Waals surface area contributed by atoms with Gasteiger partial charge < -0.3 is 15.7 Å². The first-order chi connectivity index (χ1) is 8.97. The van der Waals surface area contributed by atoms with Crippen LogP contribution in [0.3, 0.4) is 0 Å². The first-order valence-electron chi connectivity index (χ1n) is 5.92. The topological polar surface area (TPSA) is 79.5 Å². The SMILES string of the molecule is CCc1cc(C(=O)N(CCO)CC(F)F)cc(N)n1. The lowest BCUT2D eigenvalue weighted by Gasteiger charge is -2.21. The van der Waals surface area contributed by atoms with Gasteiger partial charge in [-0.2, -0.15) is 0 Å². The van der Waals surface area contributed by atoms with Crippen LogP contribution in [-0.2, 0) is 6.42 Å². The summed E-state index contributed by atoms with van der Waals surface area (Å²) in [5, 5.41) is 8.82. The maximum atomic E-state index is 12.4. The van der Waals surface area contributed by atoms with E-state index in [0.717, 1.165) is 4.90 Å². The minimum absolute atomic E-state index is 0.146. The number of alkyl halides is 2. The fourth-order valence-corrected chi connectivity index (χ4v) is 1.66. The summed E-state index contributed by atoms with van der Waals surface area (Å²) in [6, 6.07) is 2.87. The molecule has 19 heavy (non-hydrogen) atoms. The van der Waals surface area contributed by atoms with Crippen molar-refractivity contribution in [2.24, 2.45) is 0 Å². The molecule has 1 amide bonds. The van der Waals surface area contributed by atoms with E-state index in [9.17, 15) is 13.6 Å². The molecule has 5 nitrogen and oxygen atoms in total. The van der Waals surface area contributed by atoms with E-state index in [0.29, 0.717) is 12.1 Å². The lowest BCUT2D eigenvalue weighted by atomic mass is 10.1. The molecule has 1 rings (SSSR count). The van der Waals surface area contributed by atoms with Gasteiger partial charge in [0.1, 0.15) is 5.82 Å². The van der Waals surface area contributed by atoms with Crippen LogP contribution in [-0.4, -0.2) is 47.0 Å². The zero-order valence-corrected chi connectivity index (χ0v) is 10.6. The number of carbonyl (C=O) groups is 1. The number of aromatic nitrogens is 1. The van der Waals surface area contributed by atoms with Crippen molar-refractivity contribution >= 4 is 11.7 Å². The minimum Gasteiger partial charge on any atom is -0.395 e. The number of nitrogen functional groups attached to an aromatic ring is 1. The Kier molecular flexibility index (Phi) is 5.62. The molecule has 0 saturated carbocycles. The molecule has 3 N–H and O–H groups in total. The van der Waals surface area contributed by atoms with E-state index in [4.69, 9.17) is 10.8 Å². The monoisotopic (exact) mass is 273 g/mol. The molecule has 0 radical (unpaired) electrons. The quantitative estimate of drug-likeness (QED) is 0.808. The summed E-state index contributed by atoms with van der Waals surface area (Å²) in [7, 11) is 0. The van der Waals surface area contributed by atoms with Crippen molar-refractivity contribution < 1.29 is 18.7 Å². The summed E-state index contributed by atoms with van der Waals surface area (Å²) in [5.74, 6) is -0.415. The van der Waals surface area contributed by atoms with E-state index in [-0.39, 0.29) is 24.5 Å². The number of aliphatic hydroxyl groups is 1. The zero-order valence-electron chi connectivity index (χ0n) is 10.6. The van der Waals surface area contributed by atoms with E-state index in [2.05, 4.69) is 4.98 Å². The third-order valence-electron chi connectivity index (χ3n) is 2.52. The molecule has 7 heteroatoms. The van der Waals surface area contributed by atoms with Gasteiger partial charge in [0.15, 0.2) is 0 Å². The van der Waals surface area contributed by atoms with Crippen molar-refractivity contribution in [2.45, 2.75) is 19.8 Å². The van der Waals surface area contributed by atoms with Crippen molar-refractivity contribution in [3.8, 4) is 0 Å². The Bertz CT molecular complexity index is 441. The van der Waals surface area contributed by atoms with Gasteiger partial charge in [-0.25, -0.2) is 13.8 Å². The molecule has 1 aromatic rings. The molecule has 0 aromatic carbocycles. The van der Waals surface area contributed by atoms with E-state index in [1.165, 1.54) is 12.1 Å². The van der Waals surface area contributed by atoms with Crippen LogP contribution in [0, 0.1) is 0 Å². The Hall–Kier alpha value is -1.76. The first kappa shape index (κ1) is 15.3. The first-order valence-corrected chi connectivity index (χ1v) is 5.92. The molecule has 0 fully saturated rings. The average Bonchev–Trinajstić information content (AvgIpc) is 2.36. The van der Waals surface area contributed by atoms with Gasteiger partial charge in [0.25, 0.3) is 12.3 Å². The van der Waals surface area contributed by atoms with Crippen molar-refractivity contribution in [2.75, 3.05) is 25.4 Å². The van der Waals surface area contributed by atoms with E-state index in [1.807, 2.05) is 6.92 Å². The predicted octanol–water partition coefficient (Wildman–Crippen LogP) is 0.926. The van der Waals surface area contributed by atoms with E-state index in [1.54, 1.807) is 0 Å². The highest BCUT2D eigenvalue weighted by molar-refractivity contribution is 5.95. The van der Waals surface area contributed by atoms with Crippen molar-refractivity contribution in [3.63, 3.8) is 0 Å². The van der Waals surface area contributed by atoms with Crippen molar-refractivity contribution in [1.82, 2.24) is 9.88 Å². The van der Waals surface area contributed by atoms with Gasteiger partial charge in [-0.05, 0) is 18.6 Å². The normalized spacial score (nSPS) is 10.8. The van der Waals surface area contributed by atoms with Gasteiger partial charge >= 0.3 is 0 Å². The fraction of sp³-hybridized carbons (Fsp3) is 0.500. The molecular formula is C12H17F2N3O2. The number of carbonyl (C=O) groups excluding carboxylic acids is 1. The van der Waals surface area contributed by atoms with Gasteiger partial charge in [0, 0.05) is 17.8 Å². The summed E-state index contributed by atoms with van der Waals surface area (Å²) in [4.78, 5) is 17.0. The second kappa shape index (κ2) is 6.98. The summed E-state index contributed by atoms with van der Waals surface area (Å²) < 4.78 is 24.8. The highest BCUT2D eigenvalue weighted by atomic mass is 19.3. The Labute approximate surface area is 110 Å². The van der Waals surface area contributed by atoms with Crippen LogP contribution in [0.2, 0.25) is 0 Å². The van der Waals surface area contributed by atoms with Gasteiger partial charge in [-0.1, -0.05) is 6.92 Å². The van der Waals surface area contributed by atoms with Crippen LogP contribution in [0.4, 0.5) is 14.6 Å². The number of aliphatic hydroxyl groups excluding tert-OH is 1. The lowest BCUT2D eigenvalue weighted by molar-refractivity contribution is 0.0509. The molecule has 0 aliphatic carbocycles. The zero-order chi connectivity index (χ0) is 14.4. The lowest BCUT2D eigenvalue weighted by Crippen LogP contribution is -2.37. The Morgan fingerprint density at radius 1 is 1.53 bits per heavy atom. The molecule has 0 spiro atoms. The maximum Gasteiger partial charge on any atom is 0.255 e. The minimum atomic E-state index is -2.65. The fourth-order valence-electron chi connectivity index (χ4n) is 1.66. The highest BCUT2D eigenvalue weighted by Crippen LogP contribution is 2.12. The number of pyridine rings is 1. The Morgan fingerprint density at radius 2 is 2.21 bits per heavy atom. The number of hydrogen-bond acceptors (Lipinski definition) is 4. The van der Waals surface area contributed by atoms with Gasteiger partial charge in [0.2, 0.25) is 0 Å². The molecule has 0 aliphatic rings. The number of halogens is 2. The molecule has 0 saturated heterocycles. The number of rotatable bonds is 6. The predicted molar refractivity (Wildman–Crippen MR) is 67.0 cm³/mol. The molecule has 1 heterocycles. The maximum absolute atomic E-state index is 12.4. The van der Waals surface area contributed by atoms with Crippen LogP contribution in [0.1, 0.15) is 23.0 Å². The average molecular weight is 273 g/mol. The van der Waals surface area contributed by atoms with Crippen molar-refractivity contribution in [1.29, 1.82) is 0 Å². The van der Waals surface area contributed by atoms with Crippen LogP contribution in [0.15, 0.2) is 12.1 Å². The summed E-state index contributed by atoms with van der Waals surface area (Å²) in [5.41, 5.74) is 6.39. The second-order valence-electron chi connectivity index (χ2n) is 3.99. The number of nitrogens with zero attached hydrogens (tertiary/aromatic N) is 2. The third kappa shape index (κ3) is 4.44. The van der Waals surface area contributed by atoms with Crippen LogP contribution >= 0.6 is 0 Å². The van der Waals surface area contributed by atoms with Gasteiger partial charge in [-0.15, -0.1) is 0 Å². The second-order valence-corrected chi connectivity index (χ2v) is 3.99. The van der Waals surface area contributed by atoms with E-state index < -0.39 is 18.9 Å². The number of nitrogens with two attached hydrogens (primary N) is 1. The third-order valence-corrected chi connectivity index (χ3v) is 2.52.